The molecule has 0 aliphatic carbocycles. The molecule has 0 radical (unpaired) electrons. The van der Waals surface area contributed by atoms with Crippen molar-refractivity contribution in [3.8, 4) is 89.7 Å². The zero-order valence-electron chi connectivity index (χ0n) is 43.0. The summed E-state index contributed by atoms with van der Waals surface area (Å²) >= 11 is 0. The van der Waals surface area contributed by atoms with Gasteiger partial charge in [0, 0.05) is 28.5 Å². The highest BCUT2D eigenvalue weighted by Gasteiger charge is 2.29. The largest absolute Gasteiger partial charge is 0.507 e. The number of benzene rings is 8. The van der Waals surface area contributed by atoms with Crippen LogP contribution in [0.3, 0.4) is 0 Å². The molecule has 2 heterocycles. The third-order valence-electron chi connectivity index (χ3n) is 12.4. The lowest BCUT2D eigenvalue weighted by atomic mass is 9.79. The van der Waals surface area contributed by atoms with Crippen molar-refractivity contribution in [2.45, 2.75) is 52.4 Å². The van der Waals surface area contributed by atoms with Crippen molar-refractivity contribution in [1.29, 1.82) is 0 Å². The second kappa shape index (κ2) is 17.0. The number of phenols is 1. The summed E-state index contributed by atoms with van der Waals surface area (Å²) < 4.78 is 45.8. The van der Waals surface area contributed by atoms with Crippen LogP contribution in [0.5, 0.6) is 5.75 Å². The van der Waals surface area contributed by atoms with Crippen LogP contribution in [0.2, 0.25) is 0 Å². The zero-order valence-corrected chi connectivity index (χ0v) is 38.0. The van der Waals surface area contributed by atoms with E-state index >= 15 is 0 Å². The second-order valence-corrected chi connectivity index (χ2v) is 18.9. The van der Waals surface area contributed by atoms with Crippen LogP contribution in [-0.4, -0.2) is 19.6 Å². The number of nitrogens with zero attached hydrogens (tertiary/aromatic N) is 3. The number of imidazole rings is 1. The Morgan fingerprint density at radius 3 is 1.74 bits per heavy atom. The molecule has 1 N–H and O–H groups in total. The molecule has 0 saturated heterocycles. The number of fused-ring (bicyclic) bond motifs is 1. The molecule has 2 aromatic heterocycles. The van der Waals surface area contributed by atoms with E-state index in [1.807, 2.05) is 83.6 Å². The number of aromatic hydroxyl groups is 1. The molecular weight excluding hydrogens is 803 g/mol. The molecule has 0 saturated carbocycles. The lowest BCUT2D eigenvalue weighted by molar-refractivity contribution is 0.446. The lowest BCUT2D eigenvalue weighted by Gasteiger charge is -2.27. The molecule has 0 aliphatic heterocycles. The Hall–Kier alpha value is -7.82. The predicted molar refractivity (Wildman–Crippen MR) is 276 cm³/mol. The molecule has 8 aromatic carbocycles. The van der Waals surface area contributed by atoms with E-state index < -0.39 is 23.5 Å². The summed E-state index contributed by atoms with van der Waals surface area (Å²) in [4.78, 5) is 10.5. The first-order valence-electron chi connectivity index (χ1n) is 24.9. The van der Waals surface area contributed by atoms with Crippen LogP contribution in [0.15, 0.2) is 206 Å². The number of aromatic nitrogens is 3. The molecule has 4 nitrogen and oxygen atoms in total. The van der Waals surface area contributed by atoms with Crippen LogP contribution in [0.25, 0.3) is 95.0 Å². The smallest absolute Gasteiger partial charge is 0.149 e. The van der Waals surface area contributed by atoms with Gasteiger partial charge >= 0.3 is 0 Å². The standard InChI is InChI=1S/C62H53N3O/c1-61(2,3)50-39-53(59(66)54(40-50)62(4,5)6)60-64-58-52(26-18-28-57(58)65(60)56-27-17-16-25-51(56)45-23-14-9-15-24-45)48-35-47(42-21-12-8-13-22-42)36-49(37-48)55-38-46(33-34-63-55)44-31-29-43(30-32-44)41-19-10-7-11-20-41/h7-40,66H,1-6H3/i9D,14D,15D,23D,24D. The number of pyridine rings is 1. The maximum absolute atomic E-state index is 12.5. The Bertz CT molecular complexity index is 3640. The van der Waals surface area contributed by atoms with Crippen molar-refractivity contribution in [2.24, 2.45) is 0 Å². The van der Waals surface area contributed by atoms with Crippen molar-refractivity contribution in [3.63, 3.8) is 0 Å². The van der Waals surface area contributed by atoms with Gasteiger partial charge in [-0.2, -0.15) is 0 Å². The molecule has 4 heteroatoms. The summed E-state index contributed by atoms with van der Waals surface area (Å²) in [7, 11) is 0. The normalized spacial score (nSPS) is 12.9. The SMILES string of the molecule is [2H]c1c([2H])c([2H])c(-c2ccccc2-n2c(-c3cc(C(C)(C)C)cc(C(C)(C)C)c3O)nc3c(-c4cc(-c5ccccc5)cc(-c5cc(-c6ccc(-c7ccccc7)cc6)ccn5)c4)cccc32)c([2H])c1[2H]. The molecule has 0 fully saturated rings. The van der Waals surface area contributed by atoms with Gasteiger partial charge in [0.05, 0.1) is 34.8 Å². The fourth-order valence-electron chi connectivity index (χ4n) is 8.81. The van der Waals surface area contributed by atoms with Crippen molar-refractivity contribution < 1.29 is 12.0 Å². The van der Waals surface area contributed by atoms with Crippen LogP contribution in [0.1, 0.15) is 59.5 Å². The van der Waals surface area contributed by atoms with E-state index in [9.17, 15) is 5.11 Å². The van der Waals surface area contributed by atoms with Crippen molar-refractivity contribution >= 4 is 11.0 Å². The molecule has 10 rings (SSSR count). The van der Waals surface area contributed by atoms with E-state index in [0.717, 1.165) is 66.9 Å². The number of para-hydroxylation sites is 2. The van der Waals surface area contributed by atoms with E-state index in [1.165, 1.54) is 0 Å². The third kappa shape index (κ3) is 8.12. The van der Waals surface area contributed by atoms with Crippen molar-refractivity contribution in [1.82, 2.24) is 14.5 Å². The first-order valence-corrected chi connectivity index (χ1v) is 22.4. The van der Waals surface area contributed by atoms with E-state index in [1.54, 1.807) is 12.1 Å². The van der Waals surface area contributed by atoms with Gasteiger partial charge in [-0.15, -0.1) is 0 Å². The molecule has 0 bridgehead atoms. The number of hydrogen-bond acceptors (Lipinski definition) is 3. The maximum atomic E-state index is 12.5. The van der Waals surface area contributed by atoms with Gasteiger partial charge in [0.15, 0.2) is 0 Å². The highest BCUT2D eigenvalue weighted by molar-refractivity contribution is 5.98. The summed E-state index contributed by atoms with van der Waals surface area (Å²) in [6, 6.07) is 55.4. The minimum absolute atomic E-state index is 0.0701. The Balaban J connectivity index is 1.23. The molecule has 10 aromatic rings. The Kier molecular flexibility index (Phi) is 9.38. The number of phenolic OH excluding ortho intramolecular Hbond substituents is 1. The van der Waals surface area contributed by atoms with Gasteiger partial charge in [0.25, 0.3) is 0 Å². The lowest BCUT2D eigenvalue weighted by Crippen LogP contribution is -2.17. The average molecular weight is 861 g/mol. The van der Waals surface area contributed by atoms with Gasteiger partial charge < -0.3 is 5.11 Å². The van der Waals surface area contributed by atoms with Crippen LogP contribution < -0.4 is 0 Å². The predicted octanol–water partition coefficient (Wildman–Crippen LogP) is 16.4. The maximum Gasteiger partial charge on any atom is 0.149 e. The van der Waals surface area contributed by atoms with Crippen LogP contribution in [0.4, 0.5) is 0 Å². The minimum Gasteiger partial charge on any atom is -0.507 e. The summed E-state index contributed by atoms with van der Waals surface area (Å²) in [6.45, 7) is 12.7. The summed E-state index contributed by atoms with van der Waals surface area (Å²) in [5.74, 6) is 0.534. The molecule has 0 atom stereocenters. The van der Waals surface area contributed by atoms with Crippen LogP contribution in [0, 0.1) is 0 Å². The van der Waals surface area contributed by atoms with Gasteiger partial charge in [-0.1, -0.05) is 193 Å². The Morgan fingerprint density at radius 2 is 1.06 bits per heavy atom. The molecule has 0 spiro atoms. The molecule has 0 aliphatic rings. The highest BCUT2D eigenvalue weighted by Crippen LogP contribution is 2.46. The fraction of sp³-hybridized carbons (Fsp3) is 0.129. The fourth-order valence-corrected chi connectivity index (χ4v) is 8.81. The second-order valence-electron chi connectivity index (χ2n) is 18.9. The first-order chi connectivity index (χ1) is 34.0. The first kappa shape index (κ1) is 36.5. The number of rotatable bonds is 8. The quantitative estimate of drug-likeness (QED) is 0.166. The molecule has 0 unspecified atom stereocenters. The third-order valence-corrected chi connectivity index (χ3v) is 12.4. The van der Waals surface area contributed by atoms with Crippen LogP contribution >= 0.6 is 0 Å². The van der Waals surface area contributed by atoms with Crippen molar-refractivity contribution in [3.05, 3.63) is 217 Å². The van der Waals surface area contributed by atoms with Gasteiger partial charge in [-0.05, 0) is 109 Å². The summed E-state index contributed by atoms with van der Waals surface area (Å²) in [5, 5.41) is 12.5. The monoisotopic (exact) mass is 860 g/mol. The van der Waals surface area contributed by atoms with Gasteiger partial charge in [0.2, 0.25) is 0 Å². The van der Waals surface area contributed by atoms with Crippen LogP contribution in [-0.2, 0) is 10.8 Å². The summed E-state index contributed by atoms with van der Waals surface area (Å²) in [5.41, 5.74) is 13.8. The summed E-state index contributed by atoms with van der Waals surface area (Å²) in [6.07, 6.45) is 1.86. The zero-order chi connectivity index (χ0) is 49.9. The van der Waals surface area contributed by atoms with Gasteiger partial charge in [0.1, 0.15) is 11.6 Å². The Morgan fingerprint density at radius 1 is 0.470 bits per heavy atom. The number of hydrogen-bond donors (Lipinski definition) is 1. The molecule has 322 valence electrons. The Labute approximate surface area is 395 Å². The van der Waals surface area contributed by atoms with Gasteiger partial charge in [-0.3, -0.25) is 9.55 Å². The van der Waals surface area contributed by atoms with E-state index in [-0.39, 0.29) is 28.8 Å². The topological polar surface area (TPSA) is 50.9 Å². The van der Waals surface area contributed by atoms with Gasteiger partial charge in [-0.25, -0.2) is 4.98 Å². The molecule has 0 amide bonds. The highest BCUT2D eigenvalue weighted by atomic mass is 16.3. The average Bonchev–Trinajstić information content (AvgIpc) is 3.77. The van der Waals surface area contributed by atoms with E-state index in [0.29, 0.717) is 33.7 Å². The van der Waals surface area contributed by atoms with Crippen molar-refractivity contribution in [2.75, 3.05) is 0 Å². The van der Waals surface area contributed by atoms with E-state index in [2.05, 4.69) is 126 Å². The molecular formula is C62H53N3O. The minimum atomic E-state index is -0.463. The van der Waals surface area contributed by atoms with E-state index in [4.69, 9.17) is 16.8 Å². The molecule has 66 heavy (non-hydrogen) atoms.